The summed E-state index contributed by atoms with van der Waals surface area (Å²) in [5, 5.41) is 0. The number of benzene rings is 3. The topological polar surface area (TPSA) is 0 Å². The van der Waals surface area contributed by atoms with Gasteiger partial charge in [-0.1, -0.05) is 96.5 Å². The number of hydrogen-bond acceptors (Lipinski definition) is 0. The van der Waals surface area contributed by atoms with E-state index >= 15 is 0 Å². The molecule has 120 valence electrons. The Hall–Kier alpha value is -2.80. The molecular weight excluding hydrogens is 311 g/mol. The molecule has 0 heterocycles. The lowest BCUT2D eigenvalue weighted by molar-refractivity contribution is 0.467. The monoisotopic (exact) mass is 328 g/mol. The number of hydrogen-bond donors (Lipinski definition) is 0. The van der Waals surface area contributed by atoms with E-state index in [1.54, 1.807) is 0 Å². The van der Waals surface area contributed by atoms with Crippen LogP contribution in [0.1, 0.15) is 28.2 Å². The highest BCUT2D eigenvalue weighted by Crippen LogP contribution is 2.64. The van der Waals surface area contributed by atoms with E-state index in [4.69, 9.17) is 7.85 Å². The van der Waals surface area contributed by atoms with Gasteiger partial charge >= 0.3 is 0 Å². The molecule has 26 heavy (non-hydrogen) atoms. The van der Waals surface area contributed by atoms with Crippen LogP contribution in [0, 0.1) is 5.92 Å². The Bertz CT molecular complexity index is 1070. The molecule has 0 fully saturated rings. The van der Waals surface area contributed by atoms with Crippen molar-refractivity contribution in [3.63, 3.8) is 0 Å². The maximum Gasteiger partial charge on any atom is 0.114 e. The van der Waals surface area contributed by atoms with Crippen molar-refractivity contribution in [2.45, 2.75) is 11.3 Å². The Balaban J connectivity index is 1.83. The molecule has 3 aromatic rings. The Kier molecular flexibility index (Phi) is 2.70. The summed E-state index contributed by atoms with van der Waals surface area (Å²) < 4.78 is 0. The van der Waals surface area contributed by atoms with Gasteiger partial charge < -0.3 is 0 Å². The quantitative estimate of drug-likeness (QED) is 0.528. The second kappa shape index (κ2) is 4.89. The van der Waals surface area contributed by atoms with Crippen molar-refractivity contribution < 1.29 is 0 Å². The van der Waals surface area contributed by atoms with Crippen molar-refractivity contribution in [1.82, 2.24) is 0 Å². The summed E-state index contributed by atoms with van der Waals surface area (Å²) in [5.41, 5.74) is 8.89. The molecular formula is C25H17B. The molecule has 6 rings (SSSR count). The van der Waals surface area contributed by atoms with Crippen molar-refractivity contribution in [2.75, 3.05) is 0 Å². The number of rotatable bonds is 0. The molecule has 0 N–H and O–H groups in total. The minimum Gasteiger partial charge on any atom is -0.0920 e. The molecule has 0 nitrogen and oxygen atoms in total. The zero-order chi connectivity index (χ0) is 17.3. The average molecular weight is 328 g/mol. The molecule has 0 saturated carbocycles. The molecule has 3 aromatic carbocycles. The molecule has 2 radical (unpaired) electrons. The molecule has 2 atom stereocenters. The maximum atomic E-state index is 6.65. The Morgan fingerprint density at radius 1 is 0.692 bits per heavy atom. The van der Waals surface area contributed by atoms with Gasteiger partial charge in [0.2, 0.25) is 0 Å². The fraction of sp³-hybridized carbons (Fsp3) is 0.120. The van der Waals surface area contributed by atoms with E-state index in [1.165, 1.54) is 33.4 Å². The molecule has 3 aliphatic rings. The van der Waals surface area contributed by atoms with Crippen LogP contribution in [0.4, 0.5) is 0 Å². The van der Waals surface area contributed by atoms with Crippen LogP contribution in [-0.4, -0.2) is 7.85 Å². The molecule has 0 bridgehead atoms. The van der Waals surface area contributed by atoms with Gasteiger partial charge in [0.15, 0.2) is 0 Å². The summed E-state index contributed by atoms with van der Waals surface area (Å²) >= 11 is 0. The summed E-state index contributed by atoms with van der Waals surface area (Å²) in [6, 6.07) is 24.2. The first-order valence-electron chi connectivity index (χ1n) is 9.26. The molecule has 1 spiro atoms. The fourth-order valence-corrected chi connectivity index (χ4v) is 5.70. The zero-order valence-electron chi connectivity index (χ0n) is 14.4. The van der Waals surface area contributed by atoms with E-state index in [2.05, 4.69) is 91.0 Å². The molecule has 2 unspecified atom stereocenters. The van der Waals surface area contributed by atoms with E-state index in [0.717, 1.165) is 5.46 Å². The van der Waals surface area contributed by atoms with Crippen LogP contribution in [0.25, 0.3) is 11.1 Å². The SMILES string of the molecule is [B]c1cccc2c1C1(c3ccccc3-c3ccccc31)C1C=CC=CC21. The molecule has 3 aliphatic carbocycles. The van der Waals surface area contributed by atoms with Gasteiger partial charge in [0, 0.05) is 11.8 Å². The van der Waals surface area contributed by atoms with Gasteiger partial charge in [0.05, 0.1) is 5.41 Å². The van der Waals surface area contributed by atoms with Gasteiger partial charge in [-0.05, 0) is 33.4 Å². The third-order valence-electron chi connectivity index (χ3n) is 6.51. The van der Waals surface area contributed by atoms with Crippen LogP contribution < -0.4 is 5.46 Å². The standard InChI is InChI=1S/C25H17B/c26-23-15-7-11-19-18-10-3-6-14-22(18)25(24(19)23)20-12-4-1-8-16(20)17-9-2-5-13-21(17)25/h1-15,18,22H. The summed E-state index contributed by atoms with van der Waals surface area (Å²) in [6.07, 6.45) is 9.12. The Morgan fingerprint density at radius 3 is 2.08 bits per heavy atom. The normalized spacial score (nSPS) is 22.8. The minimum atomic E-state index is -0.195. The second-order valence-electron chi connectivity index (χ2n) is 7.53. The Morgan fingerprint density at radius 2 is 1.35 bits per heavy atom. The Labute approximate surface area is 155 Å². The van der Waals surface area contributed by atoms with Gasteiger partial charge in [-0.3, -0.25) is 0 Å². The van der Waals surface area contributed by atoms with E-state index in [-0.39, 0.29) is 5.41 Å². The number of fused-ring (bicyclic) bond motifs is 10. The summed E-state index contributed by atoms with van der Waals surface area (Å²) in [6.45, 7) is 0. The molecule has 0 saturated heterocycles. The van der Waals surface area contributed by atoms with Crippen LogP contribution in [-0.2, 0) is 5.41 Å². The predicted molar refractivity (Wildman–Crippen MR) is 108 cm³/mol. The smallest absolute Gasteiger partial charge is 0.0920 e. The zero-order valence-corrected chi connectivity index (χ0v) is 14.4. The molecule has 1 heteroatoms. The maximum absolute atomic E-state index is 6.65. The molecule has 0 amide bonds. The van der Waals surface area contributed by atoms with Gasteiger partial charge in [0.1, 0.15) is 7.85 Å². The highest BCUT2D eigenvalue weighted by atomic mass is 14.6. The van der Waals surface area contributed by atoms with E-state index < -0.39 is 0 Å². The minimum absolute atomic E-state index is 0.195. The van der Waals surface area contributed by atoms with Crippen molar-refractivity contribution in [3.05, 3.63) is 113 Å². The predicted octanol–water partition coefficient (Wildman–Crippen LogP) is 4.63. The van der Waals surface area contributed by atoms with E-state index in [1.807, 2.05) is 0 Å². The first kappa shape index (κ1) is 14.4. The fourth-order valence-electron chi connectivity index (χ4n) is 5.70. The first-order chi connectivity index (χ1) is 12.8. The van der Waals surface area contributed by atoms with Crippen LogP contribution in [0.15, 0.2) is 91.0 Å². The van der Waals surface area contributed by atoms with Crippen molar-refractivity contribution >= 4 is 13.3 Å². The van der Waals surface area contributed by atoms with Crippen molar-refractivity contribution in [1.29, 1.82) is 0 Å². The lowest BCUT2D eigenvalue weighted by Gasteiger charge is -2.36. The van der Waals surface area contributed by atoms with E-state index in [9.17, 15) is 0 Å². The molecule has 0 aliphatic heterocycles. The molecule has 0 aromatic heterocycles. The van der Waals surface area contributed by atoms with Crippen LogP contribution in [0.5, 0.6) is 0 Å². The van der Waals surface area contributed by atoms with Crippen molar-refractivity contribution in [3.8, 4) is 11.1 Å². The van der Waals surface area contributed by atoms with Gasteiger partial charge in [-0.2, -0.15) is 0 Å². The number of allylic oxidation sites excluding steroid dienone is 4. The van der Waals surface area contributed by atoms with Gasteiger partial charge in [-0.15, -0.1) is 0 Å². The lowest BCUT2D eigenvalue weighted by atomic mass is 9.63. The highest BCUT2D eigenvalue weighted by Gasteiger charge is 2.57. The van der Waals surface area contributed by atoms with Crippen LogP contribution >= 0.6 is 0 Å². The average Bonchev–Trinajstić information content (AvgIpc) is 3.16. The van der Waals surface area contributed by atoms with Gasteiger partial charge in [-0.25, -0.2) is 0 Å². The van der Waals surface area contributed by atoms with Gasteiger partial charge in [0.25, 0.3) is 0 Å². The second-order valence-corrected chi connectivity index (χ2v) is 7.53. The van der Waals surface area contributed by atoms with E-state index in [0.29, 0.717) is 11.8 Å². The summed E-state index contributed by atoms with van der Waals surface area (Å²) in [4.78, 5) is 0. The third-order valence-corrected chi connectivity index (χ3v) is 6.51. The lowest BCUT2D eigenvalue weighted by Crippen LogP contribution is -2.36. The summed E-state index contributed by atoms with van der Waals surface area (Å²) in [7, 11) is 6.65. The first-order valence-corrected chi connectivity index (χ1v) is 9.26. The third kappa shape index (κ3) is 1.49. The van der Waals surface area contributed by atoms with Crippen LogP contribution in [0.3, 0.4) is 0 Å². The largest absolute Gasteiger partial charge is 0.114 e. The highest BCUT2D eigenvalue weighted by molar-refractivity contribution is 6.34. The van der Waals surface area contributed by atoms with Crippen LogP contribution in [0.2, 0.25) is 0 Å². The van der Waals surface area contributed by atoms with Crippen molar-refractivity contribution in [2.24, 2.45) is 5.92 Å². The summed E-state index contributed by atoms with van der Waals surface area (Å²) in [5.74, 6) is 0.731.